The van der Waals surface area contributed by atoms with E-state index < -0.39 is 0 Å². The fourth-order valence-corrected chi connectivity index (χ4v) is 2.06. The molecule has 0 aliphatic heterocycles. The van der Waals surface area contributed by atoms with Crippen LogP contribution in [0.1, 0.15) is 11.3 Å². The Kier molecular flexibility index (Phi) is 4.25. The monoisotopic (exact) mass is 293 g/mol. The first-order chi connectivity index (χ1) is 10.8. The Morgan fingerprint density at radius 3 is 2.64 bits per heavy atom. The summed E-state index contributed by atoms with van der Waals surface area (Å²) in [6.07, 6.45) is 3.60. The molecule has 1 amide bonds. The van der Waals surface area contributed by atoms with E-state index in [9.17, 15) is 4.79 Å². The second-order valence-electron chi connectivity index (χ2n) is 4.86. The second kappa shape index (κ2) is 6.67. The Hall–Kier alpha value is -2.95. The number of pyridine rings is 1. The van der Waals surface area contributed by atoms with Crippen molar-refractivity contribution < 1.29 is 9.32 Å². The molecule has 0 aliphatic carbocycles. The molecule has 5 heteroatoms. The maximum Gasteiger partial charge on any atom is 0.226 e. The minimum absolute atomic E-state index is 0.0928. The van der Waals surface area contributed by atoms with Crippen molar-refractivity contribution in [2.75, 3.05) is 0 Å². The Labute approximate surface area is 128 Å². The molecule has 0 aliphatic rings. The number of aromatic nitrogens is 2. The normalized spacial score (nSPS) is 10.4. The molecule has 0 fully saturated rings. The van der Waals surface area contributed by atoms with Crippen molar-refractivity contribution in [1.29, 1.82) is 0 Å². The molecule has 0 unspecified atom stereocenters. The summed E-state index contributed by atoms with van der Waals surface area (Å²) in [5.41, 5.74) is 2.57. The topological polar surface area (TPSA) is 68.0 Å². The van der Waals surface area contributed by atoms with Crippen molar-refractivity contribution in [3.63, 3.8) is 0 Å². The van der Waals surface area contributed by atoms with Gasteiger partial charge in [-0.1, -0.05) is 35.5 Å². The number of hydrogen-bond acceptors (Lipinski definition) is 4. The van der Waals surface area contributed by atoms with Gasteiger partial charge in [0.1, 0.15) is 0 Å². The molecule has 110 valence electrons. The first kappa shape index (κ1) is 14.0. The maximum absolute atomic E-state index is 11.9. The highest BCUT2D eigenvalue weighted by Crippen LogP contribution is 2.19. The van der Waals surface area contributed by atoms with Gasteiger partial charge in [0.2, 0.25) is 5.91 Å². The van der Waals surface area contributed by atoms with E-state index in [1.807, 2.05) is 42.5 Å². The van der Waals surface area contributed by atoms with E-state index in [1.54, 1.807) is 18.5 Å². The van der Waals surface area contributed by atoms with Crippen LogP contribution in [0, 0.1) is 0 Å². The Bertz CT molecular complexity index is 739. The molecule has 1 aromatic carbocycles. The van der Waals surface area contributed by atoms with E-state index in [-0.39, 0.29) is 12.3 Å². The fraction of sp³-hybridized carbons (Fsp3) is 0.118. The zero-order valence-corrected chi connectivity index (χ0v) is 11.9. The van der Waals surface area contributed by atoms with Crippen molar-refractivity contribution in [3.05, 3.63) is 72.2 Å². The van der Waals surface area contributed by atoms with Gasteiger partial charge in [0.05, 0.1) is 12.1 Å². The van der Waals surface area contributed by atoms with E-state index in [4.69, 9.17) is 4.52 Å². The Balaban J connectivity index is 1.57. The van der Waals surface area contributed by atoms with Gasteiger partial charge in [-0.05, 0) is 17.7 Å². The van der Waals surface area contributed by atoms with Crippen LogP contribution in [-0.2, 0) is 17.8 Å². The fourth-order valence-electron chi connectivity index (χ4n) is 2.06. The number of benzene rings is 1. The lowest BCUT2D eigenvalue weighted by molar-refractivity contribution is -0.120. The molecule has 2 aromatic heterocycles. The quantitative estimate of drug-likeness (QED) is 0.785. The van der Waals surface area contributed by atoms with Gasteiger partial charge in [-0.2, -0.15) is 0 Å². The molecule has 3 rings (SSSR count). The molecular weight excluding hydrogens is 278 g/mol. The van der Waals surface area contributed by atoms with E-state index >= 15 is 0 Å². The highest BCUT2D eigenvalue weighted by atomic mass is 16.5. The highest BCUT2D eigenvalue weighted by molar-refractivity contribution is 5.78. The van der Waals surface area contributed by atoms with Crippen LogP contribution in [-0.4, -0.2) is 16.0 Å². The molecule has 0 atom stereocenters. The van der Waals surface area contributed by atoms with Crippen LogP contribution in [0.25, 0.3) is 11.3 Å². The number of rotatable bonds is 5. The van der Waals surface area contributed by atoms with Crippen LogP contribution in [0.15, 0.2) is 65.4 Å². The molecule has 3 aromatic rings. The summed E-state index contributed by atoms with van der Waals surface area (Å²) >= 11 is 0. The lowest BCUT2D eigenvalue weighted by Crippen LogP contribution is -2.24. The van der Waals surface area contributed by atoms with E-state index in [2.05, 4.69) is 15.5 Å². The SMILES string of the molecule is O=C(Cc1cc(-c2ccccc2)on1)NCc1ccncc1. The molecular formula is C17H15N3O2. The van der Waals surface area contributed by atoms with Crippen molar-refractivity contribution in [1.82, 2.24) is 15.5 Å². The van der Waals surface area contributed by atoms with E-state index in [0.29, 0.717) is 18.0 Å². The van der Waals surface area contributed by atoms with Crippen molar-refractivity contribution in [3.8, 4) is 11.3 Å². The summed E-state index contributed by atoms with van der Waals surface area (Å²) in [6.45, 7) is 0.477. The number of nitrogens with one attached hydrogen (secondary N) is 1. The van der Waals surface area contributed by atoms with Crippen LogP contribution in [0.3, 0.4) is 0 Å². The minimum atomic E-state index is -0.0928. The van der Waals surface area contributed by atoms with Crippen LogP contribution >= 0.6 is 0 Å². The molecule has 0 spiro atoms. The highest BCUT2D eigenvalue weighted by Gasteiger charge is 2.10. The van der Waals surface area contributed by atoms with Gasteiger partial charge in [-0.25, -0.2) is 0 Å². The van der Waals surface area contributed by atoms with Crippen LogP contribution in [0.5, 0.6) is 0 Å². The first-order valence-corrected chi connectivity index (χ1v) is 6.98. The molecule has 0 saturated heterocycles. The average molecular weight is 293 g/mol. The van der Waals surface area contributed by atoms with Gasteiger partial charge >= 0.3 is 0 Å². The lowest BCUT2D eigenvalue weighted by atomic mass is 10.1. The number of carbonyl (C=O) groups excluding carboxylic acids is 1. The molecule has 1 N–H and O–H groups in total. The molecule has 2 heterocycles. The standard InChI is InChI=1S/C17H15N3O2/c21-17(19-12-13-6-8-18-9-7-13)11-15-10-16(22-20-15)14-4-2-1-3-5-14/h1-10H,11-12H2,(H,19,21). The summed E-state index contributed by atoms with van der Waals surface area (Å²) in [5.74, 6) is 0.572. The van der Waals surface area contributed by atoms with Gasteiger partial charge in [0.15, 0.2) is 5.76 Å². The summed E-state index contributed by atoms with van der Waals surface area (Å²) in [6, 6.07) is 15.2. The lowest BCUT2D eigenvalue weighted by Gasteiger charge is -2.03. The number of hydrogen-bond donors (Lipinski definition) is 1. The zero-order chi connectivity index (χ0) is 15.2. The third-order valence-electron chi connectivity index (χ3n) is 3.20. The van der Waals surface area contributed by atoms with Gasteiger partial charge in [-0.3, -0.25) is 9.78 Å². The number of carbonyl (C=O) groups is 1. The predicted octanol–water partition coefficient (Wildman–Crippen LogP) is 2.60. The molecule has 0 saturated carbocycles. The van der Waals surface area contributed by atoms with E-state index in [1.165, 1.54) is 0 Å². The molecule has 0 radical (unpaired) electrons. The van der Waals surface area contributed by atoms with Crippen molar-refractivity contribution in [2.45, 2.75) is 13.0 Å². The third-order valence-corrected chi connectivity index (χ3v) is 3.20. The van der Waals surface area contributed by atoms with Gasteiger partial charge in [0, 0.05) is 30.6 Å². The van der Waals surface area contributed by atoms with Crippen LogP contribution < -0.4 is 5.32 Å². The summed E-state index contributed by atoms with van der Waals surface area (Å²) in [5, 5.41) is 6.79. The Morgan fingerprint density at radius 2 is 1.86 bits per heavy atom. The van der Waals surface area contributed by atoms with E-state index in [0.717, 1.165) is 11.1 Å². The van der Waals surface area contributed by atoms with Crippen molar-refractivity contribution in [2.24, 2.45) is 0 Å². The molecule has 5 nitrogen and oxygen atoms in total. The molecule has 0 bridgehead atoms. The summed E-state index contributed by atoms with van der Waals surface area (Å²) < 4.78 is 5.28. The van der Waals surface area contributed by atoms with Crippen molar-refractivity contribution >= 4 is 5.91 Å². The van der Waals surface area contributed by atoms with Gasteiger partial charge in [0.25, 0.3) is 0 Å². The van der Waals surface area contributed by atoms with Gasteiger partial charge in [-0.15, -0.1) is 0 Å². The summed E-state index contributed by atoms with van der Waals surface area (Å²) in [4.78, 5) is 15.9. The summed E-state index contributed by atoms with van der Waals surface area (Å²) in [7, 11) is 0. The first-order valence-electron chi connectivity index (χ1n) is 6.98. The average Bonchev–Trinajstić information content (AvgIpc) is 3.03. The van der Waals surface area contributed by atoms with Crippen LogP contribution in [0.4, 0.5) is 0 Å². The largest absolute Gasteiger partial charge is 0.356 e. The third kappa shape index (κ3) is 3.58. The number of amides is 1. The Morgan fingerprint density at radius 1 is 1.09 bits per heavy atom. The maximum atomic E-state index is 11.9. The second-order valence-corrected chi connectivity index (χ2v) is 4.86. The minimum Gasteiger partial charge on any atom is -0.356 e. The smallest absolute Gasteiger partial charge is 0.226 e. The molecule has 22 heavy (non-hydrogen) atoms. The zero-order valence-electron chi connectivity index (χ0n) is 11.9. The number of nitrogens with zero attached hydrogens (tertiary/aromatic N) is 2. The van der Waals surface area contributed by atoms with Crippen LogP contribution in [0.2, 0.25) is 0 Å². The predicted molar refractivity (Wildman–Crippen MR) is 81.7 cm³/mol. The van der Waals surface area contributed by atoms with Gasteiger partial charge < -0.3 is 9.84 Å².